The monoisotopic (exact) mass is 209 g/mol. The molecular formula is C9H17F2NO2. The molecule has 14 heavy (non-hydrogen) atoms. The van der Waals surface area contributed by atoms with E-state index < -0.39 is 18.9 Å². The molecule has 0 aromatic rings. The standard InChI is InChI=1S/C9H17F2NO2/c1-3-4-5-14-9(13)7-12(2)6-8(10)11/h8H,3-7H2,1-2H3. The zero-order chi connectivity index (χ0) is 11.0. The number of alkyl halides is 2. The van der Waals surface area contributed by atoms with Gasteiger partial charge < -0.3 is 4.74 Å². The summed E-state index contributed by atoms with van der Waals surface area (Å²) in [6.45, 7) is 1.88. The topological polar surface area (TPSA) is 29.5 Å². The fourth-order valence-corrected chi connectivity index (χ4v) is 0.897. The summed E-state index contributed by atoms with van der Waals surface area (Å²) in [7, 11) is 1.47. The Morgan fingerprint density at radius 2 is 2.14 bits per heavy atom. The molecule has 84 valence electrons. The number of nitrogens with zero attached hydrogens (tertiary/aromatic N) is 1. The Morgan fingerprint density at radius 3 is 2.64 bits per heavy atom. The number of ether oxygens (including phenoxy) is 1. The number of hydrogen-bond acceptors (Lipinski definition) is 3. The van der Waals surface area contributed by atoms with Gasteiger partial charge in [0, 0.05) is 0 Å². The quantitative estimate of drug-likeness (QED) is 0.470. The highest BCUT2D eigenvalue weighted by atomic mass is 19.3. The second kappa shape index (κ2) is 7.67. The first kappa shape index (κ1) is 13.3. The van der Waals surface area contributed by atoms with Gasteiger partial charge in [0.1, 0.15) is 0 Å². The first-order valence-corrected chi connectivity index (χ1v) is 4.68. The second-order valence-corrected chi connectivity index (χ2v) is 3.16. The van der Waals surface area contributed by atoms with E-state index in [2.05, 4.69) is 0 Å². The average molecular weight is 209 g/mol. The minimum absolute atomic E-state index is 0.0753. The molecule has 0 heterocycles. The van der Waals surface area contributed by atoms with Gasteiger partial charge in [-0.1, -0.05) is 13.3 Å². The number of esters is 1. The van der Waals surface area contributed by atoms with Crippen LogP contribution in [-0.4, -0.2) is 44.0 Å². The Morgan fingerprint density at radius 1 is 1.50 bits per heavy atom. The van der Waals surface area contributed by atoms with Crippen LogP contribution in [0.15, 0.2) is 0 Å². The molecule has 0 rings (SSSR count). The highest BCUT2D eigenvalue weighted by molar-refractivity contribution is 5.71. The van der Waals surface area contributed by atoms with Crippen LogP contribution in [0, 0.1) is 0 Å². The molecule has 0 aromatic heterocycles. The predicted octanol–water partition coefficient (Wildman–Crippen LogP) is 1.53. The minimum Gasteiger partial charge on any atom is -0.465 e. The van der Waals surface area contributed by atoms with Gasteiger partial charge in [-0.05, 0) is 13.5 Å². The van der Waals surface area contributed by atoms with E-state index in [1.807, 2.05) is 6.92 Å². The van der Waals surface area contributed by atoms with Crippen LogP contribution in [-0.2, 0) is 9.53 Å². The van der Waals surface area contributed by atoms with Gasteiger partial charge in [-0.2, -0.15) is 0 Å². The number of likely N-dealkylation sites (N-methyl/N-ethyl adjacent to an activating group) is 1. The highest BCUT2D eigenvalue weighted by Crippen LogP contribution is 1.96. The lowest BCUT2D eigenvalue weighted by Crippen LogP contribution is -2.31. The van der Waals surface area contributed by atoms with Crippen molar-refractivity contribution in [2.24, 2.45) is 0 Å². The van der Waals surface area contributed by atoms with Crippen molar-refractivity contribution in [2.75, 3.05) is 26.7 Å². The van der Waals surface area contributed by atoms with E-state index in [9.17, 15) is 13.6 Å². The Bertz CT molecular complexity index is 165. The third-order valence-corrected chi connectivity index (χ3v) is 1.61. The molecule has 0 radical (unpaired) electrons. The molecule has 0 aliphatic heterocycles. The van der Waals surface area contributed by atoms with Crippen molar-refractivity contribution in [1.29, 1.82) is 0 Å². The lowest BCUT2D eigenvalue weighted by atomic mass is 10.4. The Balaban J connectivity index is 3.50. The highest BCUT2D eigenvalue weighted by Gasteiger charge is 2.11. The van der Waals surface area contributed by atoms with E-state index in [4.69, 9.17) is 4.74 Å². The van der Waals surface area contributed by atoms with Gasteiger partial charge >= 0.3 is 5.97 Å². The number of rotatable bonds is 7. The largest absolute Gasteiger partial charge is 0.465 e. The van der Waals surface area contributed by atoms with Crippen molar-refractivity contribution < 1.29 is 18.3 Å². The third-order valence-electron chi connectivity index (χ3n) is 1.61. The second-order valence-electron chi connectivity index (χ2n) is 3.16. The van der Waals surface area contributed by atoms with Crippen LogP contribution >= 0.6 is 0 Å². The molecule has 0 bridgehead atoms. The molecule has 0 amide bonds. The smallest absolute Gasteiger partial charge is 0.320 e. The Kier molecular flexibility index (Phi) is 7.28. The molecule has 0 saturated heterocycles. The van der Waals surface area contributed by atoms with Gasteiger partial charge in [0.05, 0.1) is 19.7 Å². The Hall–Kier alpha value is -0.710. The summed E-state index contributed by atoms with van der Waals surface area (Å²) < 4.78 is 28.5. The summed E-state index contributed by atoms with van der Waals surface area (Å²) in [5.74, 6) is -0.443. The number of hydrogen-bond donors (Lipinski definition) is 0. The van der Waals surface area contributed by atoms with E-state index in [1.165, 1.54) is 11.9 Å². The molecule has 0 aromatic carbocycles. The number of carbonyl (C=O) groups excluding carboxylic acids is 1. The van der Waals surface area contributed by atoms with Crippen LogP contribution < -0.4 is 0 Å². The normalized spacial score (nSPS) is 11.0. The summed E-state index contributed by atoms with van der Waals surface area (Å²) in [5, 5.41) is 0. The molecule has 0 unspecified atom stereocenters. The van der Waals surface area contributed by atoms with Crippen molar-refractivity contribution in [3.05, 3.63) is 0 Å². The van der Waals surface area contributed by atoms with E-state index in [0.717, 1.165) is 12.8 Å². The maximum absolute atomic E-state index is 11.8. The molecule has 0 N–H and O–H groups in total. The summed E-state index contributed by atoms with van der Waals surface area (Å²) in [6.07, 6.45) is -0.659. The van der Waals surface area contributed by atoms with Crippen LogP contribution in [0.25, 0.3) is 0 Å². The van der Waals surface area contributed by atoms with Crippen molar-refractivity contribution in [2.45, 2.75) is 26.2 Å². The maximum atomic E-state index is 11.8. The van der Waals surface area contributed by atoms with Crippen LogP contribution in [0.5, 0.6) is 0 Å². The zero-order valence-corrected chi connectivity index (χ0v) is 8.63. The summed E-state index contributed by atoms with van der Waals surface area (Å²) in [6, 6.07) is 0. The Labute approximate surface area is 83.0 Å². The molecule has 0 aliphatic carbocycles. The molecule has 0 spiro atoms. The van der Waals surface area contributed by atoms with Gasteiger partial charge in [-0.3, -0.25) is 9.69 Å². The molecular weight excluding hydrogens is 192 g/mol. The van der Waals surface area contributed by atoms with Crippen molar-refractivity contribution >= 4 is 5.97 Å². The fraction of sp³-hybridized carbons (Fsp3) is 0.889. The van der Waals surface area contributed by atoms with Crippen molar-refractivity contribution in [1.82, 2.24) is 4.90 Å². The van der Waals surface area contributed by atoms with Gasteiger partial charge in [0.15, 0.2) is 0 Å². The lowest BCUT2D eigenvalue weighted by molar-refractivity contribution is -0.145. The predicted molar refractivity (Wildman–Crippen MR) is 49.4 cm³/mol. The van der Waals surface area contributed by atoms with Gasteiger partial charge in [0.2, 0.25) is 0 Å². The lowest BCUT2D eigenvalue weighted by Gasteiger charge is -2.14. The number of carbonyl (C=O) groups is 1. The third kappa shape index (κ3) is 7.91. The maximum Gasteiger partial charge on any atom is 0.320 e. The molecule has 0 aliphatic rings. The van der Waals surface area contributed by atoms with E-state index in [0.29, 0.717) is 6.61 Å². The molecule has 3 nitrogen and oxygen atoms in total. The van der Waals surface area contributed by atoms with E-state index in [1.54, 1.807) is 0 Å². The van der Waals surface area contributed by atoms with Crippen LogP contribution in [0.4, 0.5) is 8.78 Å². The molecule has 0 fully saturated rings. The summed E-state index contributed by atoms with van der Waals surface area (Å²) >= 11 is 0. The van der Waals surface area contributed by atoms with Crippen LogP contribution in [0.2, 0.25) is 0 Å². The van der Waals surface area contributed by atoms with E-state index in [-0.39, 0.29) is 6.54 Å². The average Bonchev–Trinajstić information content (AvgIpc) is 2.02. The fourth-order valence-electron chi connectivity index (χ4n) is 0.897. The summed E-state index contributed by atoms with van der Waals surface area (Å²) in [4.78, 5) is 12.2. The number of halogens is 2. The molecule has 0 saturated carbocycles. The van der Waals surface area contributed by atoms with Gasteiger partial charge in [0.25, 0.3) is 6.43 Å². The first-order valence-electron chi connectivity index (χ1n) is 4.68. The van der Waals surface area contributed by atoms with Crippen LogP contribution in [0.3, 0.4) is 0 Å². The van der Waals surface area contributed by atoms with E-state index >= 15 is 0 Å². The molecule has 0 atom stereocenters. The van der Waals surface area contributed by atoms with Crippen LogP contribution in [0.1, 0.15) is 19.8 Å². The van der Waals surface area contributed by atoms with Gasteiger partial charge in [-0.15, -0.1) is 0 Å². The van der Waals surface area contributed by atoms with Crippen molar-refractivity contribution in [3.8, 4) is 0 Å². The minimum atomic E-state index is -2.41. The molecule has 5 heteroatoms. The zero-order valence-electron chi connectivity index (χ0n) is 8.63. The van der Waals surface area contributed by atoms with Crippen molar-refractivity contribution in [3.63, 3.8) is 0 Å². The van der Waals surface area contributed by atoms with Gasteiger partial charge in [-0.25, -0.2) is 8.78 Å². The number of unbranched alkanes of at least 4 members (excludes halogenated alkanes) is 1. The first-order chi connectivity index (χ1) is 6.56. The SMILES string of the molecule is CCCCOC(=O)CN(C)CC(F)F. The summed E-state index contributed by atoms with van der Waals surface area (Å²) in [5.41, 5.74) is 0.